The summed E-state index contributed by atoms with van der Waals surface area (Å²) in [6.07, 6.45) is 3.42. The third-order valence-electron chi connectivity index (χ3n) is 3.05. The maximum absolute atomic E-state index is 12.0. The predicted molar refractivity (Wildman–Crippen MR) is 82.8 cm³/mol. The van der Waals surface area contributed by atoms with E-state index in [0.717, 1.165) is 10.0 Å². The van der Waals surface area contributed by atoms with Gasteiger partial charge in [-0.05, 0) is 36.1 Å². The van der Waals surface area contributed by atoms with Gasteiger partial charge in [0.15, 0.2) is 5.78 Å². The fourth-order valence-corrected chi connectivity index (χ4v) is 2.05. The largest absolute Gasteiger partial charge is 0.392 e. The minimum absolute atomic E-state index is 0.0314. The maximum Gasteiger partial charge on any atom is 0.161 e. The first-order valence-corrected chi connectivity index (χ1v) is 7.35. The average molecular weight is 325 g/mol. The number of ketones is 1. The number of carbonyl (C=O) groups excluding carboxylic acids is 1. The molecule has 0 heterocycles. The molecular formula is C16H21BrO2. The van der Waals surface area contributed by atoms with E-state index in [1.165, 1.54) is 0 Å². The van der Waals surface area contributed by atoms with Crippen LogP contribution in [0.25, 0.3) is 6.08 Å². The van der Waals surface area contributed by atoms with Crippen molar-refractivity contribution in [3.63, 3.8) is 0 Å². The van der Waals surface area contributed by atoms with E-state index in [9.17, 15) is 9.90 Å². The summed E-state index contributed by atoms with van der Waals surface area (Å²) in [6.45, 7) is 5.86. The van der Waals surface area contributed by atoms with Gasteiger partial charge in [-0.3, -0.25) is 4.79 Å². The van der Waals surface area contributed by atoms with Crippen LogP contribution in [0.2, 0.25) is 0 Å². The Balaban J connectivity index is 2.60. The second kappa shape index (κ2) is 7.61. The molecule has 2 unspecified atom stereocenters. The number of rotatable bonds is 6. The molecule has 1 aromatic carbocycles. The van der Waals surface area contributed by atoms with Crippen molar-refractivity contribution in [2.45, 2.75) is 33.3 Å². The monoisotopic (exact) mass is 324 g/mol. The fraction of sp³-hybridized carbons (Fsp3) is 0.438. The van der Waals surface area contributed by atoms with Gasteiger partial charge in [0.25, 0.3) is 0 Å². The zero-order valence-electron chi connectivity index (χ0n) is 11.6. The lowest BCUT2D eigenvalue weighted by atomic mass is 9.92. The minimum Gasteiger partial charge on any atom is -0.392 e. The lowest BCUT2D eigenvalue weighted by molar-refractivity contribution is -0.121. The Bertz CT molecular complexity index is 435. The Hall–Kier alpha value is -0.930. The highest BCUT2D eigenvalue weighted by Crippen LogP contribution is 2.16. The van der Waals surface area contributed by atoms with Crippen molar-refractivity contribution in [3.8, 4) is 0 Å². The molecule has 1 rings (SSSR count). The van der Waals surface area contributed by atoms with Crippen molar-refractivity contribution in [2.24, 2.45) is 11.8 Å². The first kappa shape index (κ1) is 16.1. The summed E-state index contributed by atoms with van der Waals surface area (Å²) in [5.74, 6) is 0.00544. The van der Waals surface area contributed by atoms with E-state index in [2.05, 4.69) is 15.9 Å². The second-order valence-electron chi connectivity index (χ2n) is 5.27. The van der Waals surface area contributed by atoms with E-state index in [0.29, 0.717) is 12.3 Å². The lowest BCUT2D eigenvalue weighted by Crippen LogP contribution is -2.25. The van der Waals surface area contributed by atoms with Gasteiger partial charge in [0.05, 0.1) is 6.10 Å². The highest BCUT2D eigenvalue weighted by atomic mass is 79.9. The molecule has 1 N–H and O–H groups in total. The fourth-order valence-electron chi connectivity index (χ4n) is 1.78. The number of hydrogen-bond donors (Lipinski definition) is 1. The van der Waals surface area contributed by atoms with Crippen LogP contribution in [0.5, 0.6) is 0 Å². The molecule has 0 bridgehead atoms. The first-order valence-electron chi connectivity index (χ1n) is 6.55. The van der Waals surface area contributed by atoms with Crippen molar-refractivity contribution in [1.82, 2.24) is 0 Å². The van der Waals surface area contributed by atoms with E-state index in [1.54, 1.807) is 19.1 Å². The number of aliphatic hydroxyl groups is 1. The molecule has 0 radical (unpaired) electrons. The van der Waals surface area contributed by atoms with Crippen LogP contribution in [-0.4, -0.2) is 17.0 Å². The number of allylic oxidation sites excluding steroid dienone is 1. The van der Waals surface area contributed by atoms with Crippen molar-refractivity contribution >= 4 is 27.8 Å². The van der Waals surface area contributed by atoms with Gasteiger partial charge in [-0.2, -0.15) is 0 Å². The topological polar surface area (TPSA) is 37.3 Å². The van der Waals surface area contributed by atoms with E-state index >= 15 is 0 Å². The molecule has 0 aliphatic heterocycles. The molecule has 0 saturated heterocycles. The van der Waals surface area contributed by atoms with Gasteiger partial charge in [-0.1, -0.05) is 54.9 Å². The summed E-state index contributed by atoms with van der Waals surface area (Å²) < 4.78 is 1.01. The summed E-state index contributed by atoms with van der Waals surface area (Å²) in [4.78, 5) is 12.0. The van der Waals surface area contributed by atoms with E-state index in [4.69, 9.17) is 0 Å². The standard InChI is InChI=1S/C16H21BrO2/c1-11(2)10-16(19)12(3)15(18)9-6-13-4-7-14(17)8-5-13/h4-9,11-12,16,19H,10H2,1-3H3/b9-6-. The molecule has 1 aromatic rings. The van der Waals surface area contributed by atoms with Crippen LogP contribution in [0.3, 0.4) is 0 Å². The number of aliphatic hydroxyl groups excluding tert-OH is 1. The average Bonchev–Trinajstić information content (AvgIpc) is 2.36. The number of benzene rings is 1. The zero-order valence-corrected chi connectivity index (χ0v) is 13.2. The molecule has 0 saturated carbocycles. The Morgan fingerprint density at radius 2 is 1.84 bits per heavy atom. The molecule has 19 heavy (non-hydrogen) atoms. The van der Waals surface area contributed by atoms with Gasteiger partial charge in [-0.15, -0.1) is 0 Å². The smallest absolute Gasteiger partial charge is 0.161 e. The lowest BCUT2D eigenvalue weighted by Gasteiger charge is -2.18. The SMILES string of the molecule is CC(C)CC(O)C(C)C(=O)/C=C\c1ccc(Br)cc1. The summed E-state index contributed by atoms with van der Waals surface area (Å²) in [7, 11) is 0. The quantitative estimate of drug-likeness (QED) is 0.801. The molecule has 3 heteroatoms. The Labute approximate surface area is 123 Å². The summed E-state index contributed by atoms with van der Waals surface area (Å²) in [5, 5.41) is 9.93. The molecule has 0 aliphatic carbocycles. The summed E-state index contributed by atoms with van der Waals surface area (Å²) >= 11 is 3.37. The van der Waals surface area contributed by atoms with Crippen LogP contribution in [0.1, 0.15) is 32.8 Å². The number of carbonyl (C=O) groups is 1. The van der Waals surface area contributed by atoms with Crippen molar-refractivity contribution in [2.75, 3.05) is 0 Å². The van der Waals surface area contributed by atoms with Crippen molar-refractivity contribution in [1.29, 1.82) is 0 Å². The van der Waals surface area contributed by atoms with Crippen LogP contribution in [-0.2, 0) is 4.79 Å². The van der Waals surface area contributed by atoms with Gasteiger partial charge in [-0.25, -0.2) is 0 Å². The molecule has 104 valence electrons. The Morgan fingerprint density at radius 3 is 2.37 bits per heavy atom. The van der Waals surface area contributed by atoms with Crippen LogP contribution in [0.15, 0.2) is 34.8 Å². The van der Waals surface area contributed by atoms with E-state index in [-0.39, 0.29) is 11.7 Å². The molecule has 0 fully saturated rings. The Morgan fingerprint density at radius 1 is 1.26 bits per heavy atom. The molecule has 0 aliphatic rings. The Kier molecular flexibility index (Phi) is 6.46. The third kappa shape index (κ3) is 5.70. The molecule has 0 amide bonds. The van der Waals surface area contributed by atoms with Gasteiger partial charge in [0, 0.05) is 10.4 Å². The second-order valence-corrected chi connectivity index (χ2v) is 6.19. The first-order chi connectivity index (χ1) is 8.90. The highest BCUT2D eigenvalue weighted by molar-refractivity contribution is 9.10. The van der Waals surface area contributed by atoms with Crippen molar-refractivity contribution in [3.05, 3.63) is 40.4 Å². The van der Waals surface area contributed by atoms with Crippen LogP contribution in [0.4, 0.5) is 0 Å². The van der Waals surface area contributed by atoms with Crippen LogP contribution >= 0.6 is 15.9 Å². The number of halogens is 1. The van der Waals surface area contributed by atoms with Gasteiger partial charge < -0.3 is 5.11 Å². The molecular weight excluding hydrogens is 304 g/mol. The van der Waals surface area contributed by atoms with Crippen LogP contribution < -0.4 is 0 Å². The van der Waals surface area contributed by atoms with E-state index in [1.807, 2.05) is 38.1 Å². The minimum atomic E-state index is -0.568. The van der Waals surface area contributed by atoms with Gasteiger partial charge in [0.2, 0.25) is 0 Å². The summed E-state index contributed by atoms with van der Waals surface area (Å²) in [6, 6.07) is 7.73. The maximum atomic E-state index is 12.0. The van der Waals surface area contributed by atoms with Gasteiger partial charge >= 0.3 is 0 Å². The van der Waals surface area contributed by atoms with Crippen molar-refractivity contribution < 1.29 is 9.90 Å². The number of hydrogen-bond acceptors (Lipinski definition) is 2. The predicted octanol–water partition coefficient (Wildman–Crippen LogP) is 4.07. The van der Waals surface area contributed by atoms with Crippen LogP contribution in [0, 0.1) is 11.8 Å². The molecule has 2 atom stereocenters. The van der Waals surface area contributed by atoms with E-state index < -0.39 is 6.10 Å². The van der Waals surface area contributed by atoms with Gasteiger partial charge in [0.1, 0.15) is 0 Å². The zero-order chi connectivity index (χ0) is 14.4. The summed E-state index contributed by atoms with van der Waals surface area (Å²) in [5.41, 5.74) is 0.974. The molecule has 2 nitrogen and oxygen atoms in total. The molecule has 0 aromatic heterocycles. The normalized spacial score (nSPS) is 14.8. The third-order valence-corrected chi connectivity index (χ3v) is 3.58. The highest BCUT2D eigenvalue weighted by Gasteiger charge is 2.20. The molecule has 0 spiro atoms.